The molecule has 27 heavy (non-hydrogen) atoms. The number of nitrogens with zero attached hydrogens (tertiary/aromatic N) is 3. The Hall–Kier alpha value is -2.11. The van der Waals surface area contributed by atoms with E-state index in [2.05, 4.69) is 15.9 Å². The molecule has 0 N–H and O–H groups in total. The first-order chi connectivity index (χ1) is 12.7. The van der Waals surface area contributed by atoms with E-state index in [0.29, 0.717) is 16.2 Å². The maximum atomic E-state index is 13.4. The van der Waals surface area contributed by atoms with Gasteiger partial charge >= 0.3 is 0 Å². The molecule has 1 fully saturated rings. The summed E-state index contributed by atoms with van der Waals surface area (Å²) in [6, 6.07) is 7.09. The fraction of sp³-hybridized carbons (Fsp3) is 0.250. The monoisotopic (exact) mass is 461 g/mol. The minimum Gasteiger partial charge on any atom is -0.363 e. The highest BCUT2D eigenvalue weighted by Crippen LogP contribution is 2.32. The third-order valence-corrected chi connectivity index (χ3v) is 6.63. The first kappa shape index (κ1) is 19.6. The third-order valence-electron chi connectivity index (χ3n) is 4.24. The SMILES string of the molecule is O=[N+]([O-])c1cc(Br)ccc1N1CCN(S(=O)(=O)c2ccc(F)c(F)c2)CC1. The van der Waals surface area contributed by atoms with Gasteiger partial charge in [0.1, 0.15) is 5.69 Å². The van der Waals surface area contributed by atoms with Crippen molar-refractivity contribution < 1.29 is 22.1 Å². The Balaban J connectivity index is 1.79. The largest absolute Gasteiger partial charge is 0.363 e. The van der Waals surface area contributed by atoms with E-state index in [9.17, 15) is 27.3 Å². The maximum Gasteiger partial charge on any atom is 0.293 e. The average Bonchev–Trinajstić information content (AvgIpc) is 2.64. The van der Waals surface area contributed by atoms with Gasteiger partial charge in [-0.2, -0.15) is 4.31 Å². The number of sulfonamides is 1. The molecule has 3 rings (SSSR count). The molecule has 7 nitrogen and oxygen atoms in total. The molecule has 0 aliphatic carbocycles. The van der Waals surface area contributed by atoms with Gasteiger partial charge in [0.15, 0.2) is 11.6 Å². The van der Waals surface area contributed by atoms with E-state index in [1.807, 2.05) is 0 Å². The molecule has 0 saturated carbocycles. The molecule has 0 unspecified atom stereocenters. The van der Waals surface area contributed by atoms with Gasteiger partial charge in [0.25, 0.3) is 5.69 Å². The van der Waals surface area contributed by atoms with Gasteiger partial charge in [0.05, 0.1) is 9.82 Å². The van der Waals surface area contributed by atoms with Crippen LogP contribution in [0.25, 0.3) is 0 Å². The second-order valence-corrected chi connectivity index (χ2v) is 8.71. The van der Waals surface area contributed by atoms with Gasteiger partial charge in [-0.3, -0.25) is 10.1 Å². The molecular weight excluding hydrogens is 448 g/mol. The molecule has 1 heterocycles. The minimum absolute atomic E-state index is 0.0640. The van der Waals surface area contributed by atoms with E-state index < -0.39 is 26.6 Å². The van der Waals surface area contributed by atoms with E-state index in [4.69, 9.17) is 0 Å². The molecular formula is C16H14BrF2N3O4S. The van der Waals surface area contributed by atoms with Gasteiger partial charge in [-0.05, 0) is 30.3 Å². The number of hydrogen-bond acceptors (Lipinski definition) is 5. The summed E-state index contributed by atoms with van der Waals surface area (Å²) in [5.41, 5.74) is 0.314. The Morgan fingerprint density at radius 1 is 1.00 bits per heavy atom. The zero-order valence-corrected chi connectivity index (χ0v) is 16.2. The predicted molar refractivity (Wildman–Crippen MR) is 98.1 cm³/mol. The average molecular weight is 462 g/mol. The Morgan fingerprint density at radius 3 is 2.26 bits per heavy atom. The van der Waals surface area contributed by atoms with Crippen molar-refractivity contribution in [3.8, 4) is 0 Å². The van der Waals surface area contributed by atoms with Gasteiger partial charge in [-0.15, -0.1) is 0 Å². The van der Waals surface area contributed by atoms with Crippen LogP contribution in [0, 0.1) is 21.7 Å². The Morgan fingerprint density at radius 2 is 1.67 bits per heavy atom. The highest BCUT2D eigenvalue weighted by Gasteiger charge is 2.31. The van der Waals surface area contributed by atoms with Crippen LogP contribution in [0.4, 0.5) is 20.2 Å². The van der Waals surface area contributed by atoms with Crippen molar-refractivity contribution in [3.63, 3.8) is 0 Å². The van der Waals surface area contributed by atoms with Crippen LogP contribution in [0.2, 0.25) is 0 Å². The lowest BCUT2D eigenvalue weighted by Crippen LogP contribution is -2.48. The maximum absolute atomic E-state index is 13.4. The van der Waals surface area contributed by atoms with Gasteiger partial charge in [-0.25, -0.2) is 17.2 Å². The minimum atomic E-state index is -3.98. The topological polar surface area (TPSA) is 83.8 Å². The van der Waals surface area contributed by atoms with Gasteiger partial charge in [0, 0.05) is 36.7 Å². The summed E-state index contributed by atoms with van der Waals surface area (Å²) in [5, 5.41) is 11.3. The van der Waals surface area contributed by atoms with Crippen molar-refractivity contribution in [2.24, 2.45) is 0 Å². The molecule has 1 aliphatic heterocycles. The number of benzene rings is 2. The summed E-state index contributed by atoms with van der Waals surface area (Å²) < 4.78 is 53.4. The zero-order valence-electron chi connectivity index (χ0n) is 13.8. The molecule has 11 heteroatoms. The van der Waals surface area contributed by atoms with Crippen LogP contribution in [-0.4, -0.2) is 43.8 Å². The predicted octanol–water partition coefficient (Wildman–Crippen LogP) is 3.15. The highest BCUT2D eigenvalue weighted by atomic mass is 79.9. The molecule has 0 bridgehead atoms. The lowest BCUT2D eigenvalue weighted by Gasteiger charge is -2.35. The van der Waals surface area contributed by atoms with Gasteiger partial charge in [-0.1, -0.05) is 15.9 Å². The van der Waals surface area contributed by atoms with Crippen LogP contribution in [0.15, 0.2) is 45.8 Å². The quantitative estimate of drug-likeness (QED) is 0.515. The zero-order chi connectivity index (χ0) is 19.8. The molecule has 0 radical (unpaired) electrons. The number of halogens is 3. The van der Waals surface area contributed by atoms with Crippen molar-refractivity contribution in [2.75, 3.05) is 31.1 Å². The Bertz CT molecular complexity index is 995. The van der Waals surface area contributed by atoms with E-state index in [1.165, 1.54) is 6.07 Å². The second kappa shape index (κ2) is 7.49. The van der Waals surface area contributed by atoms with E-state index in [1.54, 1.807) is 17.0 Å². The van der Waals surface area contributed by atoms with Gasteiger partial charge in [0.2, 0.25) is 10.0 Å². The summed E-state index contributed by atoms with van der Waals surface area (Å²) in [4.78, 5) is 12.2. The standard InChI is InChI=1S/C16H14BrF2N3O4S/c17-11-1-4-15(16(9-11)22(23)24)20-5-7-21(8-6-20)27(25,26)12-2-3-13(18)14(19)10-12/h1-4,9-10H,5-8H2. The Kier molecular flexibility index (Phi) is 5.45. The summed E-state index contributed by atoms with van der Waals surface area (Å²) in [5.74, 6) is -2.36. The lowest BCUT2D eigenvalue weighted by atomic mass is 10.2. The van der Waals surface area contributed by atoms with E-state index >= 15 is 0 Å². The third kappa shape index (κ3) is 3.94. The number of piperazine rings is 1. The van der Waals surface area contributed by atoms with Crippen LogP contribution in [0.1, 0.15) is 0 Å². The van der Waals surface area contributed by atoms with Crippen LogP contribution < -0.4 is 4.90 Å². The highest BCUT2D eigenvalue weighted by molar-refractivity contribution is 9.10. The van der Waals surface area contributed by atoms with Crippen LogP contribution in [-0.2, 0) is 10.0 Å². The van der Waals surface area contributed by atoms with Crippen LogP contribution >= 0.6 is 15.9 Å². The van der Waals surface area contributed by atoms with E-state index in [-0.39, 0.29) is 36.8 Å². The fourth-order valence-corrected chi connectivity index (χ4v) is 4.65. The molecule has 2 aromatic rings. The molecule has 144 valence electrons. The van der Waals surface area contributed by atoms with Crippen molar-refractivity contribution >= 4 is 37.3 Å². The number of anilines is 1. The molecule has 1 saturated heterocycles. The fourth-order valence-electron chi connectivity index (χ4n) is 2.87. The molecule has 1 aliphatic rings. The van der Waals surface area contributed by atoms with Crippen molar-refractivity contribution in [1.82, 2.24) is 4.31 Å². The van der Waals surface area contributed by atoms with Crippen LogP contribution in [0.5, 0.6) is 0 Å². The van der Waals surface area contributed by atoms with Gasteiger partial charge < -0.3 is 4.90 Å². The Labute approximate surface area is 162 Å². The van der Waals surface area contributed by atoms with Crippen molar-refractivity contribution in [2.45, 2.75) is 4.90 Å². The first-order valence-corrected chi connectivity index (χ1v) is 10.1. The number of nitro groups is 1. The van der Waals surface area contributed by atoms with E-state index in [0.717, 1.165) is 16.4 Å². The smallest absolute Gasteiger partial charge is 0.293 e. The lowest BCUT2D eigenvalue weighted by molar-refractivity contribution is -0.384. The normalized spacial score (nSPS) is 15.7. The number of rotatable bonds is 4. The molecule has 0 atom stereocenters. The second-order valence-electron chi connectivity index (χ2n) is 5.86. The number of hydrogen-bond donors (Lipinski definition) is 0. The van der Waals surface area contributed by atoms with Crippen LogP contribution in [0.3, 0.4) is 0 Å². The summed E-state index contributed by atoms with van der Waals surface area (Å²) in [6.45, 7) is 0.583. The molecule has 0 amide bonds. The van der Waals surface area contributed by atoms with Crippen molar-refractivity contribution in [3.05, 3.63) is 62.6 Å². The summed E-state index contributed by atoms with van der Waals surface area (Å²) in [7, 11) is -3.98. The molecule has 0 aromatic heterocycles. The summed E-state index contributed by atoms with van der Waals surface area (Å²) in [6.07, 6.45) is 0. The number of nitro benzene ring substituents is 1. The first-order valence-electron chi connectivity index (χ1n) is 7.84. The van der Waals surface area contributed by atoms with Crippen molar-refractivity contribution in [1.29, 1.82) is 0 Å². The molecule has 0 spiro atoms. The summed E-state index contributed by atoms with van der Waals surface area (Å²) >= 11 is 3.19. The molecule has 2 aromatic carbocycles.